The van der Waals surface area contributed by atoms with Crippen LogP contribution in [0.4, 0.5) is 5.69 Å². The molecular weight excluding hydrogens is 370 g/mol. The van der Waals surface area contributed by atoms with Crippen molar-refractivity contribution in [2.24, 2.45) is 0 Å². The Hall–Kier alpha value is -1.85. The van der Waals surface area contributed by atoms with E-state index in [4.69, 9.17) is 21.1 Å². The summed E-state index contributed by atoms with van der Waals surface area (Å²) >= 11 is 8.00. The van der Waals surface area contributed by atoms with Gasteiger partial charge in [-0.15, -0.1) is 0 Å². The summed E-state index contributed by atoms with van der Waals surface area (Å²) in [6, 6.07) is 12.0. The Morgan fingerprint density at radius 1 is 1.19 bits per heavy atom. The molecule has 2 aliphatic rings. The zero-order valence-electron chi connectivity index (χ0n) is 14.4. The van der Waals surface area contributed by atoms with Crippen LogP contribution in [0.15, 0.2) is 36.4 Å². The van der Waals surface area contributed by atoms with Gasteiger partial charge in [-0.1, -0.05) is 29.8 Å². The number of carbonyl (C=O) groups excluding carboxylic acids is 1. The topological polar surface area (TPSA) is 38.8 Å². The number of fused-ring (bicyclic) bond motifs is 2. The quantitative estimate of drug-likeness (QED) is 0.714. The van der Waals surface area contributed by atoms with Crippen LogP contribution >= 0.6 is 23.4 Å². The third-order valence-electron chi connectivity index (χ3n) is 4.57. The average molecular weight is 390 g/mol. The molecule has 2 aliphatic heterocycles. The molecule has 0 saturated heterocycles. The molecule has 26 heavy (non-hydrogen) atoms. The summed E-state index contributed by atoms with van der Waals surface area (Å²) in [4.78, 5) is 14.4. The lowest BCUT2D eigenvalue weighted by molar-refractivity contribution is -0.118. The minimum Gasteiger partial charge on any atom is -0.486 e. The van der Waals surface area contributed by atoms with Crippen LogP contribution in [-0.4, -0.2) is 31.4 Å². The van der Waals surface area contributed by atoms with E-state index in [0.717, 1.165) is 35.7 Å². The van der Waals surface area contributed by atoms with E-state index in [0.29, 0.717) is 36.2 Å². The van der Waals surface area contributed by atoms with Crippen molar-refractivity contribution in [2.45, 2.75) is 18.6 Å². The second-order valence-corrected chi connectivity index (χ2v) is 7.84. The molecule has 2 aromatic rings. The molecule has 1 amide bonds. The summed E-state index contributed by atoms with van der Waals surface area (Å²) in [6.45, 7) is 1.87. The molecule has 4 nitrogen and oxygen atoms in total. The van der Waals surface area contributed by atoms with Crippen molar-refractivity contribution in [2.75, 3.05) is 30.4 Å². The molecular formula is C20H20ClNO3S. The first-order valence-corrected chi connectivity index (χ1v) is 10.3. The van der Waals surface area contributed by atoms with Gasteiger partial charge in [-0.2, -0.15) is 11.8 Å². The lowest BCUT2D eigenvalue weighted by Crippen LogP contribution is -2.29. The summed E-state index contributed by atoms with van der Waals surface area (Å²) in [6.07, 6.45) is 1.49. The zero-order chi connectivity index (χ0) is 17.9. The molecule has 0 atom stereocenters. The van der Waals surface area contributed by atoms with Crippen molar-refractivity contribution in [3.8, 4) is 11.5 Å². The van der Waals surface area contributed by atoms with Crippen LogP contribution in [0.25, 0.3) is 0 Å². The van der Waals surface area contributed by atoms with Crippen molar-refractivity contribution < 1.29 is 14.3 Å². The number of halogens is 1. The summed E-state index contributed by atoms with van der Waals surface area (Å²) in [7, 11) is 0. The standard InChI is InChI=1S/C20H20ClNO3S/c21-16-11-14(12-18-20(16)25-9-8-24-18)13-26-10-6-19(23)22-7-5-15-3-1-2-4-17(15)22/h1-4,11-12H,5-10,13H2. The van der Waals surface area contributed by atoms with Crippen molar-refractivity contribution in [1.29, 1.82) is 0 Å². The van der Waals surface area contributed by atoms with Crippen molar-refractivity contribution in [3.05, 3.63) is 52.5 Å². The largest absolute Gasteiger partial charge is 0.486 e. The number of para-hydroxylation sites is 1. The molecule has 0 bridgehead atoms. The minimum atomic E-state index is 0.197. The second kappa shape index (κ2) is 7.80. The van der Waals surface area contributed by atoms with E-state index >= 15 is 0 Å². The first-order valence-electron chi connectivity index (χ1n) is 8.76. The lowest BCUT2D eigenvalue weighted by Gasteiger charge is -2.20. The number of carbonyl (C=O) groups is 1. The Morgan fingerprint density at radius 2 is 2.04 bits per heavy atom. The SMILES string of the molecule is O=C(CCSCc1cc(Cl)c2c(c1)OCCO2)N1CCc2ccccc21. The molecule has 0 aliphatic carbocycles. The van der Waals surface area contributed by atoms with Gasteiger partial charge in [0, 0.05) is 30.2 Å². The fraction of sp³-hybridized carbons (Fsp3) is 0.350. The number of thioether (sulfide) groups is 1. The summed E-state index contributed by atoms with van der Waals surface area (Å²) in [5, 5.41) is 0.586. The smallest absolute Gasteiger partial charge is 0.227 e. The molecule has 0 radical (unpaired) electrons. The summed E-state index contributed by atoms with van der Waals surface area (Å²) in [5.74, 6) is 3.12. The minimum absolute atomic E-state index is 0.197. The third kappa shape index (κ3) is 3.64. The number of hydrogen-bond donors (Lipinski definition) is 0. The molecule has 0 spiro atoms. The Morgan fingerprint density at radius 3 is 2.96 bits per heavy atom. The van der Waals surface area contributed by atoms with Crippen LogP contribution < -0.4 is 14.4 Å². The van der Waals surface area contributed by atoms with Gasteiger partial charge >= 0.3 is 0 Å². The van der Waals surface area contributed by atoms with Crippen molar-refractivity contribution in [1.82, 2.24) is 0 Å². The number of amides is 1. The Bertz CT molecular complexity index is 827. The maximum absolute atomic E-state index is 12.5. The third-order valence-corrected chi connectivity index (χ3v) is 5.88. The highest BCUT2D eigenvalue weighted by Crippen LogP contribution is 2.39. The van der Waals surface area contributed by atoms with E-state index in [1.54, 1.807) is 11.8 Å². The molecule has 0 N–H and O–H groups in total. The van der Waals surface area contributed by atoms with Crippen LogP contribution in [0.1, 0.15) is 17.5 Å². The Balaban J connectivity index is 1.29. The first-order chi connectivity index (χ1) is 12.7. The van der Waals surface area contributed by atoms with Crippen LogP contribution in [-0.2, 0) is 17.0 Å². The number of benzene rings is 2. The maximum atomic E-state index is 12.5. The van der Waals surface area contributed by atoms with E-state index < -0.39 is 0 Å². The Labute approximate surface area is 162 Å². The van der Waals surface area contributed by atoms with Gasteiger partial charge in [0.2, 0.25) is 5.91 Å². The van der Waals surface area contributed by atoms with E-state index in [1.807, 2.05) is 35.2 Å². The fourth-order valence-corrected chi connectivity index (χ4v) is 4.48. The predicted octanol–water partition coefficient (Wildman–Crippen LogP) is 4.32. The van der Waals surface area contributed by atoms with Gasteiger partial charge in [-0.05, 0) is 35.7 Å². The predicted molar refractivity (Wildman–Crippen MR) is 106 cm³/mol. The van der Waals surface area contributed by atoms with E-state index in [-0.39, 0.29) is 5.91 Å². The van der Waals surface area contributed by atoms with Gasteiger partial charge in [-0.3, -0.25) is 4.79 Å². The van der Waals surface area contributed by atoms with Crippen molar-refractivity contribution >= 4 is 35.0 Å². The molecule has 0 unspecified atom stereocenters. The fourth-order valence-electron chi connectivity index (χ4n) is 3.33. The van der Waals surface area contributed by atoms with Gasteiger partial charge in [-0.25, -0.2) is 0 Å². The highest BCUT2D eigenvalue weighted by Gasteiger charge is 2.23. The summed E-state index contributed by atoms with van der Waals surface area (Å²) in [5.41, 5.74) is 3.42. The Kier molecular flexibility index (Phi) is 5.27. The van der Waals surface area contributed by atoms with Gasteiger partial charge in [0.25, 0.3) is 0 Å². The molecule has 0 saturated carbocycles. The van der Waals surface area contributed by atoms with Crippen LogP contribution in [0.3, 0.4) is 0 Å². The van der Waals surface area contributed by atoms with E-state index in [9.17, 15) is 4.79 Å². The molecule has 6 heteroatoms. The number of hydrogen-bond acceptors (Lipinski definition) is 4. The van der Waals surface area contributed by atoms with E-state index in [2.05, 4.69) is 6.07 Å². The number of ether oxygens (including phenoxy) is 2. The number of nitrogens with zero attached hydrogens (tertiary/aromatic N) is 1. The number of rotatable bonds is 5. The van der Waals surface area contributed by atoms with Gasteiger partial charge in [0.1, 0.15) is 13.2 Å². The zero-order valence-corrected chi connectivity index (χ0v) is 15.9. The molecule has 4 rings (SSSR count). The van der Waals surface area contributed by atoms with Gasteiger partial charge < -0.3 is 14.4 Å². The first kappa shape index (κ1) is 17.6. The van der Waals surface area contributed by atoms with Crippen LogP contribution in [0.5, 0.6) is 11.5 Å². The average Bonchev–Trinajstić information content (AvgIpc) is 3.09. The molecule has 0 aromatic heterocycles. The van der Waals surface area contributed by atoms with Crippen LogP contribution in [0.2, 0.25) is 5.02 Å². The number of anilines is 1. The lowest BCUT2D eigenvalue weighted by atomic mass is 10.2. The monoisotopic (exact) mass is 389 g/mol. The molecule has 0 fully saturated rings. The van der Waals surface area contributed by atoms with E-state index in [1.165, 1.54) is 5.56 Å². The molecule has 2 aromatic carbocycles. The molecule has 136 valence electrons. The van der Waals surface area contributed by atoms with Gasteiger partial charge in [0.05, 0.1) is 5.02 Å². The second-order valence-electron chi connectivity index (χ2n) is 6.33. The van der Waals surface area contributed by atoms with Crippen molar-refractivity contribution in [3.63, 3.8) is 0 Å². The highest BCUT2D eigenvalue weighted by molar-refractivity contribution is 7.98. The maximum Gasteiger partial charge on any atom is 0.227 e. The van der Waals surface area contributed by atoms with Crippen LogP contribution in [0, 0.1) is 0 Å². The normalized spacial score (nSPS) is 15.0. The molecule has 2 heterocycles. The highest BCUT2D eigenvalue weighted by atomic mass is 35.5. The summed E-state index contributed by atoms with van der Waals surface area (Å²) < 4.78 is 11.1. The van der Waals surface area contributed by atoms with Gasteiger partial charge in [0.15, 0.2) is 11.5 Å².